The van der Waals surface area contributed by atoms with E-state index in [1.165, 1.54) is 22.7 Å². The standard InChI is InChI=1S/C14H18N2S/c1-9(2)11-7-5-6-8-12(11)13-15-14(10(3)4)17-16-13/h5-10H,1-4H3. The third kappa shape index (κ3) is 2.55. The highest BCUT2D eigenvalue weighted by Crippen LogP contribution is 2.29. The maximum atomic E-state index is 4.63. The first-order chi connectivity index (χ1) is 8.09. The van der Waals surface area contributed by atoms with Gasteiger partial charge in [-0.2, -0.15) is 4.37 Å². The van der Waals surface area contributed by atoms with Gasteiger partial charge in [0.25, 0.3) is 0 Å². The quantitative estimate of drug-likeness (QED) is 0.799. The average molecular weight is 246 g/mol. The van der Waals surface area contributed by atoms with Gasteiger partial charge in [-0.3, -0.25) is 0 Å². The second-order valence-electron chi connectivity index (χ2n) is 4.85. The second kappa shape index (κ2) is 4.96. The van der Waals surface area contributed by atoms with Crippen LogP contribution in [0, 0.1) is 0 Å². The molecule has 17 heavy (non-hydrogen) atoms. The van der Waals surface area contributed by atoms with Crippen LogP contribution in [-0.2, 0) is 0 Å². The van der Waals surface area contributed by atoms with Gasteiger partial charge < -0.3 is 0 Å². The van der Waals surface area contributed by atoms with Crippen molar-refractivity contribution in [2.75, 3.05) is 0 Å². The van der Waals surface area contributed by atoms with Crippen molar-refractivity contribution in [3.8, 4) is 11.4 Å². The average Bonchev–Trinajstić information content (AvgIpc) is 2.78. The van der Waals surface area contributed by atoms with Crippen molar-refractivity contribution in [3.05, 3.63) is 34.8 Å². The van der Waals surface area contributed by atoms with Gasteiger partial charge in [-0.1, -0.05) is 52.0 Å². The first-order valence-electron chi connectivity index (χ1n) is 6.02. The zero-order valence-corrected chi connectivity index (χ0v) is 11.6. The van der Waals surface area contributed by atoms with Crippen LogP contribution in [0.15, 0.2) is 24.3 Å². The summed E-state index contributed by atoms with van der Waals surface area (Å²) in [6, 6.07) is 8.41. The molecule has 0 spiro atoms. The molecule has 1 aromatic heterocycles. The minimum atomic E-state index is 0.451. The molecule has 0 amide bonds. The fraction of sp³-hybridized carbons (Fsp3) is 0.429. The van der Waals surface area contributed by atoms with E-state index in [0.717, 1.165) is 10.8 Å². The van der Waals surface area contributed by atoms with Crippen molar-refractivity contribution in [1.29, 1.82) is 0 Å². The Morgan fingerprint density at radius 2 is 1.71 bits per heavy atom. The van der Waals surface area contributed by atoms with Gasteiger partial charge in [0, 0.05) is 11.5 Å². The molecule has 3 heteroatoms. The summed E-state index contributed by atoms with van der Waals surface area (Å²) in [5.41, 5.74) is 2.49. The molecule has 2 rings (SSSR count). The fourth-order valence-electron chi connectivity index (χ4n) is 1.78. The van der Waals surface area contributed by atoms with Crippen LogP contribution >= 0.6 is 11.5 Å². The van der Waals surface area contributed by atoms with Crippen LogP contribution in [0.3, 0.4) is 0 Å². The second-order valence-corrected chi connectivity index (χ2v) is 5.64. The van der Waals surface area contributed by atoms with E-state index in [-0.39, 0.29) is 0 Å². The Morgan fingerprint density at radius 1 is 1.00 bits per heavy atom. The molecule has 0 N–H and O–H groups in total. The maximum Gasteiger partial charge on any atom is 0.173 e. The lowest BCUT2D eigenvalue weighted by molar-refractivity contribution is 0.849. The van der Waals surface area contributed by atoms with Crippen LogP contribution in [0.1, 0.15) is 50.1 Å². The molecule has 0 bridgehead atoms. The van der Waals surface area contributed by atoms with E-state index < -0.39 is 0 Å². The van der Waals surface area contributed by atoms with Crippen LogP contribution in [0.2, 0.25) is 0 Å². The molecule has 2 aromatic rings. The lowest BCUT2D eigenvalue weighted by Gasteiger charge is -2.09. The van der Waals surface area contributed by atoms with E-state index in [4.69, 9.17) is 0 Å². The van der Waals surface area contributed by atoms with Crippen LogP contribution < -0.4 is 0 Å². The van der Waals surface area contributed by atoms with Gasteiger partial charge in [0.05, 0.1) is 0 Å². The molecule has 0 aliphatic carbocycles. The van der Waals surface area contributed by atoms with E-state index in [2.05, 4.69) is 61.3 Å². The van der Waals surface area contributed by atoms with Crippen LogP contribution in [0.4, 0.5) is 0 Å². The summed E-state index contributed by atoms with van der Waals surface area (Å²) in [4.78, 5) is 4.63. The molecule has 0 aliphatic rings. The largest absolute Gasteiger partial charge is 0.219 e. The summed E-state index contributed by atoms with van der Waals surface area (Å²) < 4.78 is 4.48. The summed E-state index contributed by atoms with van der Waals surface area (Å²) in [7, 11) is 0. The minimum Gasteiger partial charge on any atom is -0.219 e. The Morgan fingerprint density at radius 3 is 2.29 bits per heavy atom. The number of hydrogen-bond acceptors (Lipinski definition) is 3. The molecule has 0 fully saturated rings. The monoisotopic (exact) mass is 246 g/mol. The zero-order valence-electron chi connectivity index (χ0n) is 10.8. The Hall–Kier alpha value is -1.22. The molecule has 0 unspecified atom stereocenters. The molecule has 0 saturated carbocycles. The summed E-state index contributed by atoms with van der Waals surface area (Å²) in [6.45, 7) is 8.71. The summed E-state index contributed by atoms with van der Waals surface area (Å²) in [5, 5.41) is 1.11. The van der Waals surface area contributed by atoms with Gasteiger partial charge in [-0.15, -0.1) is 0 Å². The normalized spacial score (nSPS) is 11.4. The number of aromatic nitrogens is 2. The van der Waals surface area contributed by atoms with Crippen molar-refractivity contribution in [1.82, 2.24) is 9.36 Å². The Labute approximate surface area is 107 Å². The molecule has 0 saturated heterocycles. The number of rotatable bonds is 3. The molecule has 2 nitrogen and oxygen atoms in total. The van der Waals surface area contributed by atoms with Gasteiger partial charge in [0.2, 0.25) is 0 Å². The van der Waals surface area contributed by atoms with Gasteiger partial charge in [-0.25, -0.2) is 4.98 Å². The van der Waals surface area contributed by atoms with Gasteiger partial charge in [0.1, 0.15) is 5.01 Å². The van der Waals surface area contributed by atoms with Crippen molar-refractivity contribution in [2.45, 2.75) is 39.5 Å². The summed E-state index contributed by atoms with van der Waals surface area (Å²) in [6.07, 6.45) is 0. The van der Waals surface area contributed by atoms with Gasteiger partial charge >= 0.3 is 0 Å². The first-order valence-corrected chi connectivity index (χ1v) is 6.80. The van der Waals surface area contributed by atoms with Gasteiger partial charge in [0.15, 0.2) is 5.82 Å². The van der Waals surface area contributed by atoms with E-state index in [1.54, 1.807) is 0 Å². The van der Waals surface area contributed by atoms with E-state index in [1.807, 2.05) is 0 Å². The van der Waals surface area contributed by atoms with E-state index >= 15 is 0 Å². The third-order valence-electron chi connectivity index (χ3n) is 2.76. The molecular formula is C14H18N2S. The third-order valence-corrected chi connectivity index (χ3v) is 3.77. The molecule has 0 aliphatic heterocycles. The fourth-order valence-corrected chi connectivity index (χ4v) is 2.44. The van der Waals surface area contributed by atoms with E-state index in [9.17, 15) is 0 Å². The summed E-state index contributed by atoms with van der Waals surface area (Å²) in [5.74, 6) is 1.83. The van der Waals surface area contributed by atoms with E-state index in [0.29, 0.717) is 11.8 Å². The minimum absolute atomic E-state index is 0.451. The Balaban J connectivity index is 2.45. The topological polar surface area (TPSA) is 25.8 Å². The van der Waals surface area contributed by atoms with Crippen LogP contribution in [-0.4, -0.2) is 9.36 Å². The van der Waals surface area contributed by atoms with Crippen LogP contribution in [0.5, 0.6) is 0 Å². The van der Waals surface area contributed by atoms with Crippen molar-refractivity contribution in [3.63, 3.8) is 0 Å². The summed E-state index contributed by atoms with van der Waals surface area (Å²) >= 11 is 1.51. The highest BCUT2D eigenvalue weighted by molar-refractivity contribution is 7.05. The van der Waals surface area contributed by atoms with Crippen molar-refractivity contribution in [2.24, 2.45) is 0 Å². The smallest absolute Gasteiger partial charge is 0.173 e. The molecule has 1 aromatic carbocycles. The molecule has 90 valence electrons. The Kier molecular flexibility index (Phi) is 3.57. The van der Waals surface area contributed by atoms with Crippen molar-refractivity contribution < 1.29 is 0 Å². The number of hydrogen-bond donors (Lipinski definition) is 0. The predicted molar refractivity (Wildman–Crippen MR) is 73.5 cm³/mol. The van der Waals surface area contributed by atoms with Crippen molar-refractivity contribution >= 4 is 11.5 Å². The molecule has 0 atom stereocenters. The highest BCUT2D eigenvalue weighted by Gasteiger charge is 2.13. The molecule has 0 radical (unpaired) electrons. The van der Waals surface area contributed by atoms with Gasteiger partial charge in [-0.05, 0) is 23.0 Å². The SMILES string of the molecule is CC(C)c1nc(-c2ccccc2C(C)C)ns1. The zero-order chi connectivity index (χ0) is 12.4. The molecule has 1 heterocycles. The maximum absolute atomic E-state index is 4.63. The highest BCUT2D eigenvalue weighted by atomic mass is 32.1. The lowest BCUT2D eigenvalue weighted by Crippen LogP contribution is -1.93. The van der Waals surface area contributed by atoms with Crippen LogP contribution in [0.25, 0.3) is 11.4 Å². The predicted octanol–water partition coefficient (Wildman–Crippen LogP) is 4.45. The number of benzene rings is 1. The Bertz CT molecular complexity index is 500. The molecular weight excluding hydrogens is 228 g/mol. The number of nitrogens with zero attached hydrogens (tertiary/aromatic N) is 2. The lowest BCUT2D eigenvalue weighted by atomic mass is 9.97. The first kappa shape index (κ1) is 12.2.